The summed E-state index contributed by atoms with van der Waals surface area (Å²) in [5.74, 6) is 0.0719. The first kappa shape index (κ1) is 15.9. The molecule has 1 heterocycles. The molecule has 1 aromatic heterocycles. The first-order valence-electron chi connectivity index (χ1n) is 6.23. The Balaban J connectivity index is 2.67. The molecule has 8 heteroatoms. The molecule has 2 amide bonds. The highest BCUT2D eigenvalue weighted by atomic mass is 16.4. The number of H-pyrrole nitrogens is 1. The Morgan fingerprint density at radius 2 is 2.05 bits per heavy atom. The van der Waals surface area contributed by atoms with Gasteiger partial charge in [0, 0.05) is 7.05 Å². The molecule has 3 N–H and O–H groups in total. The number of aromatic nitrogens is 3. The number of aliphatic carboxylic acids is 1. The van der Waals surface area contributed by atoms with Crippen LogP contribution < -0.4 is 5.32 Å². The molecule has 1 aromatic rings. The highest BCUT2D eigenvalue weighted by Gasteiger charge is 2.33. The normalized spacial score (nSPS) is 12.8. The van der Waals surface area contributed by atoms with Crippen molar-refractivity contribution < 1.29 is 14.7 Å². The van der Waals surface area contributed by atoms with Gasteiger partial charge in [0.05, 0.1) is 6.54 Å². The monoisotopic (exact) mass is 283 g/mol. The van der Waals surface area contributed by atoms with E-state index < -0.39 is 23.5 Å². The molecule has 1 atom stereocenters. The Bertz CT molecular complexity index is 492. The van der Waals surface area contributed by atoms with Gasteiger partial charge in [-0.1, -0.05) is 20.8 Å². The fourth-order valence-electron chi connectivity index (χ4n) is 1.63. The Morgan fingerprint density at radius 3 is 2.45 bits per heavy atom. The molecule has 0 spiro atoms. The van der Waals surface area contributed by atoms with Gasteiger partial charge < -0.3 is 15.3 Å². The van der Waals surface area contributed by atoms with Gasteiger partial charge in [-0.15, -0.1) is 0 Å². The van der Waals surface area contributed by atoms with Crippen molar-refractivity contribution in [2.45, 2.75) is 40.3 Å². The zero-order valence-electron chi connectivity index (χ0n) is 12.4. The van der Waals surface area contributed by atoms with Crippen LogP contribution in [0.2, 0.25) is 0 Å². The summed E-state index contributed by atoms with van der Waals surface area (Å²) in [5, 5.41) is 18.3. The number of carbonyl (C=O) groups excluding carboxylic acids is 1. The van der Waals surface area contributed by atoms with Crippen LogP contribution in [-0.2, 0) is 11.3 Å². The van der Waals surface area contributed by atoms with Crippen LogP contribution in [0.1, 0.15) is 32.4 Å². The third-order valence-electron chi connectivity index (χ3n) is 2.75. The molecule has 0 aliphatic rings. The molecule has 20 heavy (non-hydrogen) atoms. The number of nitrogens with zero attached hydrogens (tertiary/aromatic N) is 3. The number of carboxylic acids is 1. The molecular formula is C12H21N5O3. The predicted molar refractivity (Wildman–Crippen MR) is 72.0 cm³/mol. The number of carbonyl (C=O) groups is 2. The van der Waals surface area contributed by atoms with Crippen molar-refractivity contribution in [3.63, 3.8) is 0 Å². The lowest BCUT2D eigenvalue weighted by Crippen LogP contribution is -2.52. The van der Waals surface area contributed by atoms with Crippen LogP contribution in [0, 0.1) is 12.3 Å². The van der Waals surface area contributed by atoms with Gasteiger partial charge in [-0.05, 0) is 12.3 Å². The Morgan fingerprint density at radius 1 is 1.45 bits per heavy atom. The number of nitrogens with one attached hydrogen (secondary N) is 2. The molecule has 0 saturated heterocycles. The summed E-state index contributed by atoms with van der Waals surface area (Å²) in [4.78, 5) is 28.6. The van der Waals surface area contributed by atoms with Crippen LogP contribution in [-0.4, -0.2) is 50.3 Å². The third kappa shape index (κ3) is 4.22. The molecule has 8 nitrogen and oxygen atoms in total. The van der Waals surface area contributed by atoms with Crippen LogP contribution in [0.5, 0.6) is 0 Å². The molecule has 0 aliphatic carbocycles. The van der Waals surface area contributed by atoms with Gasteiger partial charge in [0.25, 0.3) is 0 Å². The standard InChI is InChI=1S/C12H21N5O3/c1-7-13-8(16-15-7)6-17(5)11(20)14-9(10(18)19)12(2,3)4/h9H,6H2,1-5H3,(H,14,20)(H,18,19)(H,13,15,16). The van der Waals surface area contributed by atoms with E-state index in [1.807, 2.05) is 0 Å². The van der Waals surface area contributed by atoms with Crippen molar-refractivity contribution >= 4 is 12.0 Å². The Kier molecular flexibility index (Phi) is 4.69. The maximum atomic E-state index is 12.0. The van der Waals surface area contributed by atoms with E-state index in [2.05, 4.69) is 20.5 Å². The highest BCUT2D eigenvalue weighted by Crippen LogP contribution is 2.19. The minimum atomic E-state index is -1.06. The topological polar surface area (TPSA) is 111 Å². The first-order chi connectivity index (χ1) is 9.11. The number of hydrogen-bond donors (Lipinski definition) is 3. The van der Waals surface area contributed by atoms with Crippen LogP contribution in [0.25, 0.3) is 0 Å². The lowest BCUT2D eigenvalue weighted by Gasteiger charge is -2.29. The molecule has 1 unspecified atom stereocenters. The van der Waals surface area contributed by atoms with Crippen LogP contribution >= 0.6 is 0 Å². The molecule has 0 bridgehead atoms. The Labute approximate surface area is 117 Å². The Hall–Kier alpha value is -2.12. The lowest BCUT2D eigenvalue weighted by molar-refractivity contribution is -0.142. The van der Waals surface area contributed by atoms with Gasteiger partial charge in [-0.3, -0.25) is 5.10 Å². The zero-order valence-corrected chi connectivity index (χ0v) is 12.4. The number of carboxylic acid groups (broad SMARTS) is 1. The quantitative estimate of drug-likeness (QED) is 0.755. The molecule has 112 valence electrons. The fourth-order valence-corrected chi connectivity index (χ4v) is 1.63. The molecular weight excluding hydrogens is 262 g/mol. The van der Waals surface area contributed by atoms with Crippen LogP contribution in [0.3, 0.4) is 0 Å². The van der Waals surface area contributed by atoms with E-state index in [-0.39, 0.29) is 6.54 Å². The van der Waals surface area contributed by atoms with Crippen molar-refractivity contribution in [2.75, 3.05) is 7.05 Å². The zero-order chi connectivity index (χ0) is 15.5. The summed E-state index contributed by atoms with van der Waals surface area (Å²) in [6.07, 6.45) is 0. The molecule has 1 rings (SSSR count). The fraction of sp³-hybridized carbons (Fsp3) is 0.667. The van der Waals surface area contributed by atoms with Crippen molar-refractivity contribution in [3.05, 3.63) is 11.6 Å². The number of hydrogen-bond acceptors (Lipinski definition) is 4. The molecule has 0 aromatic carbocycles. The van der Waals surface area contributed by atoms with Crippen molar-refractivity contribution in [2.24, 2.45) is 5.41 Å². The van der Waals surface area contributed by atoms with Gasteiger partial charge >= 0.3 is 12.0 Å². The number of amides is 2. The molecule has 0 radical (unpaired) electrons. The average Bonchev–Trinajstić information content (AvgIpc) is 2.69. The van der Waals surface area contributed by atoms with E-state index in [4.69, 9.17) is 5.11 Å². The second-order valence-electron chi connectivity index (χ2n) is 5.78. The minimum Gasteiger partial charge on any atom is -0.480 e. The molecule has 0 fully saturated rings. The maximum Gasteiger partial charge on any atom is 0.326 e. The van der Waals surface area contributed by atoms with E-state index in [1.54, 1.807) is 34.7 Å². The second-order valence-corrected chi connectivity index (χ2v) is 5.78. The second kappa shape index (κ2) is 5.89. The van der Waals surface area contributed by atoms with Gasteiger partial charge in [-0.2, -0.15) is 5.10 Å². The van der Waals surface area contributed by atoms with Crippen LogP contribution in [0.15, 0.2) is 0 Å². The summed E-state index contributed by atoms with van der Waals surface area (Å²) in [6, 6.07) is -1.44. The summed E-state index contributed by atoms with van der Waals surface area (Å²) >= 11 is 0. The third-order valence-corrected chi connectivity index (χ3v) is 2.75. The summed E-state index contributed by atoms with van der Waals surface area (Å²) in [7, 11) is 1.56. The largest absolute Gasteiger partial charge is 0.480 e. The van der Waals surface area contributed by atoms with E-state index >= 15 is 0 Å². The number of aryl methyl sites for hydroxylation is 1. The van der Waals surface area contributed by atoms with E-state index in [0.717, 1.165) is 0 Å². The van der Waals surface area contributed by atoms with Gasteiger partial charge in [0.1, 0.15) is 11.9 Å². The van der Waals surface area contributed by atoms with E-state index in [0.29, 0.717) is 11.6 Å². The average molecular weight is 283 g/mol. The van der Waals surface area contributed by atoms with Gasteiger partial charge in [0.2, 0.25) is 0 Å². The van der Waals surface area contributed by atoms with Crippen molar-refractivity contribution in [1.82, 2.24) is 25.4 Å². The van der Waals surface area contributed by atoms with Gasteiger partial charge in [0.15, 0.2) is 5.82 Å². The first-order valence-corrected chi connectivity index (χ1v) is 6.23. The number of urea groups is 1. The predicted octanol–water partition coefficient (Wildman–Crippen LogP) is 0.754. The van der Waals surface area contributed by atoms with E-state index in [9.17, 15) is 9.59 Å². The summed E-state index contributed by atoms with van der Waals surface area (Å²) in [6.45, 7) is 7.23. The van der Waals surface area contributed by atoms with Crippen molar-refractivity contribution in [1.29, 1.82) is 0 Å². The van der Waals surface area contributed by atoms with Crippen LogP contribution in [0.4, 0.5) is 4.79 Å². The molecule has 0 aliphatic heterocycles. The minimum absolute atomic E-state index is 0.201. The summed E-state index contributed by atoms with van der Waals surface area (Å²) < 4.78 is 0. The number of rotatable bonds is 4. The lowest BCUT2D eigenvalue weighted by atomic mass is 9.87. The summed E-state index contributed by atoms with van der Waals surface area (Å²) in [5.41, 5.74) is -0.580. The van der Waals surface area contributed by atoms with Gasteiger partial charge in [-0.25, -0.2) is 14.6 Å². The van der Waals surface area contributed by atoms with E-state index in [1.165, 1.54) is 4.90 Å². The SMILES string of the molecule is Cc1nc(CN(C)C(=O)NC(C(=O)O)C(C)(C)C)n[nH]1. The van der Waals surface area contributed by atoms with Crippen molar-refractivity contribution in [3.8, 4) is 0 Å². The number of aromatic amines is 1. The highest BCUT2D eigenvalue weighted by molar-refractivity contribution is 5.83. The maximum absolute atomic E-state index is 12.0. The smallest absolute Gasteiger partial charge is 0.326 e. The molecule has 0 saturated carbocycles.